The molecule has 0 aliphatic heterocycles. The molecule has 1 N–H and O–H groups in total. The van der Waals surface area contributed by atoms with Gasteiger partial charge in [-0.15, -0.1) is 0 Å². The molecule has 82 valence electrons. The van der Waals surface area contributed by atoms with E-state index in [1.807, 2.05) is 32.2 Å². The van der Waals surface area contributed by atoms with Crippen LogP contribution in [0, 0.1) is 6.92 Å². The molecule has 0 radical (unpaired) electrons. The Morgan fingerprint density at radius 1 is 1.31 bits per heavy atom. The number of pyridine rings is 1. The minimum absolute atomic E-state index is 0.852. The summed E-state index contributed by atoms with van der Waals surface area (Å²) in [4.78, 5) is 12.6. The first kappa shape index (κ1) is 10.5. The predicted octanol–water partition coefficient (Wildman–Crippen LogP) is 2.28. The van der Waals surface area contributed by atoms with Gasteiger partial charge in [0.1, 0.15) is 12.1 Å². The van der Waals surface area contributed by atoms with Crippen LogP contribution in [0.3, 0.4) is 0 Å². The third-order valence-corrected chi connectivity index (χ3v) is 2.36. The molecule has 2 heterocycles. The van der Waals surface area contributed by atoms with Crippen molar-refractivity contribution in [1.82, 2.24) is 15.0 Å². The number of rotatable bonds is 3. The molecule has 2 rings (SSSR count). The zero-order valence-electron chi connectivity index (χ0n) is 9.44. The van der Waals surface area contributed by atoms with Gasteiger partial charge in [-0.05, 0) is 26.0 Å². The van der Waals surface area contributed by atoms with Gasteiger partial charge in [-0.25, -0.2) is 9.97 Å². The van der Waals surface area contributed by atoms with E-state index in [0.717, 1.165) is 29.2 Å². The summed E-state index contributed by atoms with van der Waals surface area (Å²) in [5, 5.41) is 3.21. The normalized spacial score (nSPS) is 10.1. The van der Waals surface area contributed by atoms with E-state index in [4.69, 9.17) is 0 Å². The van der Waals surface area contributed by atoms with Gasteiger partial charge in [-0.3, -0.25) is 4.98 Å². The molecule has 0 bridgehead atoms. The van der Waals surface area contributed by atoms with E-state index >= 15 is 0 Å². The molecule has 16 heavy (non-hydrogen) atoms. The minimum Gasteiger partial charge on any atom is -0.370 e. The Hall–Kier alpha value is -1.97. The van der Waals surface area contributed by atoms with Crippen molar-refractivity contribution in [3.63, 3.8) is 0 Å². The van der Waals surface area contributed by atoms with E-state index in [-0.39, 0.29) is 0 Å². The number of nitrogens with one attached hydrogen (secondary N) is 1. The van der Waals surface area contributed by atoms with Crippen molar-refractivity contribution in [2.75, 3.05) is 11.9 Å². The Kier molecular flexibility index (Phi) is 3.10. The molecule has 2 aromatic heterocycles. The fourth-order valence-electron chi connectivity index (χ4n) is 1.59. The first-order valence-corrected chi connectivity index (χ1v) is 5.28. The lowest BCUT2D eigenvalue weighted by Crippen LogP contribution is -2.03. The molecule has 0 atom stereocenters. The van der Waals surface area contributed by atoms with Crippen LogP contribution >= 0.6 is 0 Å². The van der Waals surface area contributed by atoms with Crippen molar-refractivity contribution in [3.8, 4) is 11.3 Å². The van der Waals surface area contributed by atoms with Crippen molar-refractivity contribution in [2.24, 2.45) is 0 Å². The summed E-state index contributed by atoms with van der Waals surface area (Å²) in [5.41, 5.74) is 3.00. The number of hydrogen-bond donors (Lipinski definition) is 1. The highest BCUT2D eigenvalue weighted by atomic mass is 15.0. The van der Waals surface area contributed by atoms with Gasteiger partial charge in [0.2, 0.25) is 0 Å². The summed E-state index contributed by atoms with van der Waals surface area (Å²) in [6.45, 7) is 4.91. The second kappa shape index (κ2) is 4.70. The highest BCUT2D eigenvalue weighted by molar-refractivity contribution is 5.66. The van der Waals surface area contributed by atoms with Crippen LogP contribution < -0.4 is 5.32 Å². The zero-order valence-corrected chi connectivity index (χ0v) is 9.44. The highest BCUT2D eigenvalue weighted by Gasteiger charge is 2.07. The van der Waals surface area contributed by atoms with Crippen molar-refractivity contribution in [3.05, 3.63) is 36.4 Å². The Morgan fingerprint density at radius 2 is 2.19 bits per heavy atom. The van der Waals surface area contributed by atoms with E-state index in [1.54, 1.807) is 12.5 Å². The van der Waals surface area contributed by atoms with Gasteiger partial charge in [0, 0.05) is 30.1 Å². The second-order valence-electron chi connectivity index (χ2n) is 3.47. The summed E-state index contributed by atoms with van der Waals surface area (Å²) in [5.74, 6) is 0.886. The summed E-state index contributed by atoms with van der Waals surface area (Å²) < 4.78 is 0. The molecular weight excluding hydrogens is 200 g/mol. The van der Waals surface area contributed by atoms with Gasteiger partial charge in [-0.2, -0.15) is 0 Å². The monoisotopic (exact) mass is 214 g/mol. The Bertz CT molecular complexity index is 468. The second-order valence-corrected chi connectivity index (χ2v) is 3.47. The van der Waals surface area contributed by atoms with Crippen LogP contribution in [-0.4, -0.2) is 21.5 Å². The van der Waals surface area contributed by atoms with E-state index in [9.17, 15) is 0 Å². The lowest BCUT2D eigenvalue weighted by molar-refractivity contribution is 1.08. The standard InChI is InChI=1S/C12H14N4/c1-3-14-12-9(2)11(15-8-16-12)10-5-4-6-13-7-10/h4-8H,3H2,1-2H3,(H,14,15,16). The number of aromatic nitrogens is 3. The van der Waals surface area contributed by atoms with Crippen molar-refractivity contribution >= 4 is 5.82 Å². The Labute approximate surface area is 94.8 Å². The third kappa shape index (κ3) is 2.00. The molecular formula is C12H14N4. The van der Waals surface area contributed by atoms with E-state index < -0.39 is 0 Å². The first-order valence-electron chi connectivity index (χ1n) is 5.28. The van der Waals surface area contributed by atoms with Gasteiger partial charge in [-0.1, -0.05) is 0 Å². The molecule has 0 unspecified atom stereocenters. The predicted molar refractivity (Wildman–Crippen MR) is 64.2 cm³/mol. The molecule has 0 aromatic carbocycles. The molecule has 0 amide bonds. The molecule has 4 heteroatoms. The van der Waals surface area contributed by atoms with Crippen LogP contribution in [0.1, 0.15) is 12.5 Å². The average Bonchev–Trinajstić information content (AvgIpc) is 2.33. The molecule has 0 aliphatic carbocycles. The topological polar surface area (TPSA) is 50.7 Å². The Balaban J connectivity index is 2.46. The van der Waals surface area contributed by atoms with Gasteiger partial charge >= 0.3 is 0 Å². The SMILES string of the molecule is CCNc1ncnc(-c2cccnc2)c1C. The molecule has 0 spiro atoms. The van der Waals surface area contributed by atoms with Crippen LogP contribution in [0.2, 0.25) is 0 Å². The van der Waals surface area contributed by atoms with Gasteiger partial charge in [0.25, 0.3) is 0 Å². The van der Waals surface area contributed by atoms with Gasteiger partial charge in [0.05, 0.1) is 5.69 Å². The van der Waals surface area contributed by atoms with E-state index in [2.05, 4.69) is 20.3 Å². The van der Waals surface area contributed by atoms with Gasteiger partial charge < -0.3 is 5.32 Å². The number of nitrogens with zero attached hydrogens (tertiary/aromatic N) is 3. The Morgan fingerprint density at radius 3 is 2.88 bits per heavy atom. The number of hydrogen-bond acceptors (Lipinski definition) is 4. The lowest BCUT2D eigenvalue weighted by atomic mass is 10.1. The first-order chi connectivity index (χ1) is 7.83. The number of anilines is 1. The van der Waals surface area contributed by atoms with Crippen LogP contribution in [0.15, 0.2) is 30.9 Å². The summed E-state index contributed by atoms with van der Waals surface area (Å²) in [7, 11) is 0. The minimum atomic E-state index is 0.852. The third-order valence-electron chi connectivity index (χ3n) is 2.36. The van der Waals surface area contributed by atoms with Crippen molar-refractivity contribution in [2.45, 2.75) is 13.8 Å². The summed E-state index contributed by atoms with van der Waals surface area (Å²) in [6, 6.07) is 3.90. The van der Waals surface area contributed by atoms with E-state index in [0.29, 0.717) is 0 Å². The molecule has 4 nitrogen and oxygen atoms in total. The summed E-state index contributed by atoms with van der Waals surface area (Å²) >= 11 is 0. The molecule has 2 aromatic rings. The fourth-order valence-corrected chi connectivity index (χ4v) is 1.59. The quantitative estimate of drug-likeness (QED) is 0.851. The largest absolute Gasteiger partial charge is 0.370 e. The fraction of sp³-hybridized carbons (Fsp3) is 0.250. The zero-order chi connectivity index (χ0) is 11.4. The van der Waals surface area contributed by atoms with E-state index in [1.165, 1.54) is 0 Å². The molecule has 0 saturated heterocycles. The maximum atomic E-state index is 4.30. The average molecular weight is 214 g/mol. The molecule has 0 saturated carbocycles. The maximum Gasteiger partial charge on any atom is 0.132 e. The lowest BCUT2D eigenvalue weighted by Gasteiger charge is -2.09. The summed E-state index contributed by atoms with van der Waals surface area (Å²) in [6.07, 6.45) is 5.14. The van der Waals surface area contributed by atoms with Crippen LogP contribution in [0.25, 0.3) is 11.3 Å². The van der Waals surface area contributed by atoms with Crippen molar-refractivity contribution < 1.29 is 0 Å². The molecule has 0 fully saturated rings. The molecule has 0 aliphatic rings. The van der Waals surface area contributed by atoms with Crippen LogP contribution in [0.5, 0.6) is 0 Å². The maximum absolute atomic E-state index is 4.30. The van der Waals surface area contributed by atoms with Gasteiger partial charge in [0.15, 0.2) is 0 Å². The van der Waals surface area contributed by atoms with Crippen LogP contribution in [-0.2, 0) is 0 Å². The smallest absolute Gasteiger partial charge is 0.132 e. The highest BCUT2D eigenvalue weighted by Crippen LogP contribution is 2.23. The van der Waals surface area contributed by atoms with Crippen LogP contribution in [0.4, 0.5) is 5.82 Å². The van der Waals surface area contributed by atoms with Crippen molar-refractivity contribution in [1.29, 1.82) is 0 Å².